The van der Waals surface area contributed by atoms with Crippen LogP contribution in [0.4, 0.5) is 11.4 Å². The van der Waals surface area contributed by atoms with Crippen molar-refractivity contribution in [2.75, 3.05) is 11.4 Å². The molecule has 0 aliphatic carbocycles. The molecule has 0 atom stereocenters. The summed E-state index contributed by atoms with van der Waals surface area (Å²) in [5.41, 5.74) is 0.896. The van der Waals surface area contributed by atoms with E-state index >= 15 is 0 Å². The van der Waals surface area contributed by atoms with Crippen molar-refractivity contribution in [3.63, 3.8) is 0 Å². The highest BCUT2D eigenvalue weighted by Crippen LogP contribution is 2.34. The topological polar surface area (TPSA) is 46.4 Å². The first-order valence-electron chi connectivity index (χ1n) is 7.11. The number of benzene rings is 1. The molecule has 1 aromatic rings. The minimum atomic E-state index is -0.296. The van der Waals surface area contributed by atoms with E-state index in [2.05, 4.69) is 48.5 Å². The first-order chi connectivity index (χ1) is 9.40. The van der Waals surface area contributed by atoms with Crippen molar-refractivity contribution in [2.24, 2.45) is 5.92 Å². The maximum atomic E-state index is 11.3. The Morgan fingerprint density at radius 1 is 1.30 bits per heavy atom. The Kier molecular flexibility index (Phi) is 6.46. The van der Waals surface area contributed by atoms with Crippen molar-refractivity contribution in [3.8, 4) is 0 Å². The molecular formula is C15H23BrN2O2. The number of nitrogens with zero attached hydrogens (tertiary/aromatic N) is 2. The molecule has 20 heavy (non-hydrogen) atoms. The van der Waals surface area contributed by atoms with Gasteiger partial charge in [0, 0.05) is 23.1 Å². The maximum Gasteiger partial charge on any atom is 0.293 e. The van der Waals surface area contributed by atoms with Crippen LogP contribution in [0.25, 0.3) is 0 Å². The van der Waals surface area contributed by atoms with Gasteiger partial charge in [-0.3, -0.25) is 10.1 Å². The van der Waals surface area contributed by atoms with Gasteiger partial charge in [-0.05, 0) is 30.9 Å². The molecule has 0 heterocycles. The average Bonchev–Trinajstić information content (AvgIpc) is 2.38. The first-order valence-corrected chi connectivity index (χ1v) is 7.90. The van der Waals surface area contributed by atoms with Gasteiger partial charge in [-0.1, -0.05) is 43.6 Å². The van der Waals surface area contributed by atoms with E-state index in [9.17, 15) is 10.1 Å². The molecule has 4 nitrogen and oxygen atoms in total. The van der Waals surface area contributed by atoms with Crippen molar-refractivity contribution in [2.45, 2.75) is 46.6 Å². The van der Waals surface area contributed by atoms with Crippen LogP contribution in [0.2, 0.25) is 0 Å². The fraction of sp³-hybridized carbons (Fsp3) is 0.600. The van der Waals surface area contributed by atoms with E-state index < -0.39 is 0 Å². The van der Waals surface area contributed by atoms with Crippen molar-refractivity contribution in [3.05, 3.63) is 32.8 Å². The van der Waals surface area contributed by atoms with E-state index in [0.717, 1.165) is 29.5 Å². The Bertz CT molecular complexity index is 459. The first kappa shape index (κ1) is 17.0. The highest BCUT2D eigenvalue weighted by atomic mass is 79.9. The van der Waals surface area contributed by atoms with Gasteiger partial charge in [-0.25, -0.2) is 0 Å². The predicted molar refractivity (Wildman–Crippen MR) is 87.4 cm³/mol. The van der Waals surface area contributed by atoms with Crippen LogP contribution in [0.3, 0.4) is 0 Å². The molecule has 0 saturated heterocycles. The van der Waals surface area contributed by atoms with Crippen LogP contribution >= 0.6 is 15.9 Å². The fourth-order valence-corrected chi connectivity index (χ4v) is 2.80. The van der Waals surface area contributed by atoms with Gasteiger partial charge in [-0.2, -0.15) is 0 Å². The molecule has 5 heteroatoms. The molecule has 0 aliphatic rings. The summed E-state index contributed by atoms with van der Waals surface area (Å²) in [6.45, 7) is 9.37. The molecule has 112 valence electrons. The van der Waals surface area contributed by atoms with Crippen LogP contribution in [0.1, 0.15) is 40.5 Å². The van der Waals surface area contributed by atoms with Crippen LogP contribution in [-0.2, 0) is 0 Å². The fourth-order valence-electron chi connectivity index (χ4n) is 2.45. The van der Waals surface area contributed by atoms with E-state index in [0.29, 0.717) is 12.0 Å². The van der Waals surface area contributed by atoms with Gasteiger partial charge in [0.25, 0.3) is 5.69 Å². The van der Waals surface area contributed by atoms with Crippen molar-refractivity contribution in [1.82, 2.24) is 0 Å². The third-order valence-electron chi connectivity index (χ3n) is 3.39. The summed E-state index contributed by atoms with van der Waals surface area (Å²) in [5, 5.41) is 11.3. The molecule has 0 fully saturated rings. The number of nitro groups is 1. The summed E-state index contributed by atoms with van der Waals surface area (Å²) >= 11 is 3.31. The number of anilines is 1. The Morgan fingerprint density at radius 3 is 2.35 bits per heavy atom. The van der Waals surface area contributed by atoms with Crippen LogP contribution in [-0.4, -0.2) is 17.5 Å². The minimum absolute atomic E-state index is 0.173. The molecule has 0 aromatic heterocycles. The smallest absolute Gasteiger partial charge is 0.293 e. The van der Waals surface area contributed by atoms with Gasteiger partial charge in [0.2, 0.25) is 0 Å². The van der Waals surface area contributed by atoms with Gasteiger partial charge in [0.15, 0.2) is 0 Å². The Hall–Kier alpha value is -1.10. The van der Waals surface area contributed by atoms with Gasteiger partial charge < -0.3 is 4.90 Å². The molecular weight excluding hydrogens is 320 g/mol. The molecule has 1 aromatic carbocycles. The molecule has 0 amide bonds. The SMILES string of the molecule is CCC(CC)N(CC(C)C)c1ccc(Br)cc1[N+](=O)[O-]. The summed E-state index contributed by atoms with van der Waals surface area (Å²) in [4.78, 5) is 13.2. The predicted octanol–water partition coefficient (Wildman–Crippen LogP) is 5.01. The summed E-state index contributed by atoms with van der Waals surface area (Å²) < 4.78 is 0.738. The lowest BCUT2D eigenvalue weighted by Crippen LogP contribution is -2.37. The van der Waals surface area contributed by atoms with E-state index in [4.69, 9.17) is 0 Å². The summed E-state index contributed by atoms with van der Waals surface area (Å²) in [6, 6.07) is 5.64. The molecule has 0 aliphatic heterocycles. The van der Waals surface area contributed by atoms with Gasteiger partial charge >= 0.3 is 0 Å². The zero-order chi connectivity index (χ0) is 15.3. The number of rotatable bonds is 7. The maximum absolute atomic E-state index is 11.3. The lowest BCUT2D eigenvalue weighted by atomic mass is 10.1. The second kappa shape index (κ2) is 7.62. The number of hydrogen-bond acceptors (Lipinski definition) is 3. The molecule has 0 radical (unpaired) electrons. The van der Waals surface area contributed by atoms with E-state index in [-0.39, 0.29) is 10.6 Å². The third-order valence-corrected chi connectivity index (χ3v) is 3.88. The highest BCUT2D eigenvalue weighted by Gasteiger charge is 2.24. The molecule has 0 bridgehead atoms. The minimum Gasteiger partial charge on any atom is -0.363 e. The van der Waals surface area contributed by atoms with E-state index in [1.54, 1.807) is 6.07 Å². The molecule has 0 spiro atoms. The molecule has 0 saturated carbocycles. The van der Waals surface area contributed by atoms with Crippen LogP contribution in [0.5, 0.6) is 0 Å². The zero-order valence-corrected chi connectivity index (χ0v) is 14.2. The quantitative estimate of drug-likeness (QED) is 0.516. The van der Waals surface area contributed by atoms with E-state index in [1.165, 1.54) is 0 Å². The average molecular weight is 343 g/mol. The second-order valence-corrected chi connectivity index (χ2v) is 6.32. The van der Waals surface area contributed by atoms with Crippen molar-refractivity contribution < 1.29 is 4.92 Å². The number of hydrogen-bond donors (Lipinski definition) is 0. The largest absolute Gasteiger partial charge is 0.363 e. The van der Waals surface area contributed by atoms with Crippen molar-refractivity contribution in [1.29, 1.82) is 0 Å². The van der Waals surface area contributed by atoms with Crippen LogP contribution in [0, 0.1) is 16.0 Å². The van der Waals surface area contributed by atoms with Gasteiger partial charge in [-0.15, -0.1) is 0 Å². The van der Waals surface area contributed by atoms with Crippen molar-refractivity contribution >= 4 is 27.3 Å². The van der Waals surface area contributed by atoms with Gasteiger partial charge in [0.1, 0.15) is 5.69 Å². The summed E-state index contributed by atoms with van der Waals surface area (Å²) in [5.74, 6) is 0.457. The number of nitro benzene ring substituents is 1. The normalized spacial score (nSPS) is 11.2. The zero-order valence-electron chi connectivity index (χ0n) is 12.6. The standard InChI is InChI=1S/C15H23BrN2O2/c1-5-13(6-2)17(10-11(3)4)14-8-7-12(16)9-15(14)18(19)20/h7-9,11,13H,5-6,10H2,1-4H3. The highest BCUT2D eigenvalue weighted by molar-refractivity contribution is 9.10. The molecule has 0 unspecified atom stereocenters. The van der Waals surface area contributed by atoms with Crippen LogP contribution < -0.4 is 4.90 Å². The van der Waals surface area contributed by atoms with Crippen LogP contribution in [0.15, 0.2) is 22.7 Å². The Morgan fingerprint density at radius 2 is 1.90 bits per heavy atom. The molecule has 1 rings (SSSR count). The lowest BCUT2D eigenvalue weighted by molar-refractivity contribution is -0.384. The Balaban J connectivity index is 3.28. The Labute approximate surface area is 129 Å². The number of halogens is 1. The molecule has 0 N–H and O–H groups in total. The monoisotopic (exact) mass is 342 g/mol. The third kappa shape index (κ3) is 4.20. The summed E-state index contributed by atoms with van der Waals surface area (Å²) in [6.07, 6.45) is 1.97. The lowest BCUT2D eigenvalue weighted by Gasteiger charge is -2.33. The second-order valence-electron chi connectivity index (χ2n) is 5.41. The van der Waals surface area contributed by atoms with Gasteiger partial charge in [0.05, 0.1) is 4.92 Å². The summed E-state index contributed by atoms with van der Waals surface area (Å²) in [7, 11) is 0. The van der Waals surface area contributed by atoms with E-state index in [1.807, 2.05) is 12.1 Å².